The van der Waals surface area contributed by atoms with Crippen LogP contribution in [0.1, 0.15) is 135 Å². The predicted octanol–water partition coefficient (Wildman–Crippen LogP) is 20.1. The Morgan fingerprint density at radius 2 is 0.762 bits per heavy atom. The molecule has 6 aromatic heterocycles. The van der Waals surface area contributed by atoms with Crippen LogP contribution in [0.4, 0.5) is 31.0 Å². The smallest absolute Gasteiger partial charge is 0.403 e. The fourth-order valence-electron chi connectivity index (χ4n) is 15.1. The lowest BCUT2D eigenvalue weighted by Crippen LogP contribution is -2.54. The molecule has 0 spiro atoms. The molecule has 3 aliphatic rings. The summed E-state index contributed by atoms with van der Waals surface area (Å²) in [5.41, 5.74) is 12.0. The Morgan fingerprint density at radius 1 is 0.459 bits per heavy atom. The van der Waals surface area contributed by atoms with Gasteiger partial charge in [0.2, 0.25) is 17.8 Å². The summed E-state index contributed by atoms with van der Waals surface area (Å²) >= 11 is 23.1. The van der Waals surface area contributed by atoms with Gasteiger partial charge in [-0.05, 0) is 210 Å². The quantitative estimate of drug-likeness (QED) is 0.0640. The number of carbonyl (C=O) groups excluding carboxylic acids is 1. The molecule has 0 bridgehead atoms. The first-order valence-electron chi connectivity index (χ1n) is 40.3. The highest BCUT2D eigenvalue weighted by Crippen LogP contribution is 2.49. The molecule has 3 N–H and O–H groups in total. The molecule has 3 saturated heterocycles. The number of carbonyl (C=O) groups is 3. The molecule has 3 aliphatic heterocycles. The van der Waals surface area contributed by atoms with Crippen molar-refractivity contribution in [1.29, 1.82) is 0 Å². The normalized spacial score (nSPS) is 15.7. The summed E-state index contributed by atoms with van der Waals surface area (Å²) in [5, 5.41) is 27.9. The van der Waals surface area contributed by atoms with E-state index in [1.165, 1.54) is 52.8 Å². The Labute approximate surface area is 734 Å². The number of anilines is 3. The molecule has 0 amide bonds. The average Bonchev–Trinajstić information content (AvgIpc) is 1.54. The van der Waals surface area contributed by atoms with Crippen LogP contribution < -0.4 is 20.0 Å². The van der Waals surface area contributed by atoms with Crippen molar-refractivity contribution in [2.24, 2.45) is 0 Å². The number of ketones is 1. The molecule has 32 heteroatoms. The minimum absolute atomic E-state index is 0.104. The van der Waals surface area contributed by atoms with Crippen LogP contribution in [0.15, 0.2) is 128 Å². The van der Waals surface area contributed by atoms with Crippen LogP contribution in [0.25, 0.3) is 96.1 Å². The first kappa shape index (κ1) is 90.4. The number of ether oxygens (including phenoxy) is 3. The van der Waals surface area contributed by atoms with Gasteiger partial charge in [0.15, 0.2) is 18.0 Å². The maximum absolute atomic E-state index is 13.2. The van der Waals surface area contributed by atoms with Crippen LogP contribution in [0.3, 0.4) is 0 Å². The number of carboxylic acid groups (broad SMARTS) is 2. The molecule has 3 fully saturated rings. The SMILES string of the molecule is CC(=O)[C@@H](OC(C)(C)C)c1c(C)cc2nc(-c3ccnc(N4CCN(C(C)C(F)(F)F)CC4)n3)sc2c1-c1ccc(Cl)cc1.CCN1CCN(c2nccc(-c3nc4cc(C)c([C@H](OC(C)(C)C)C(=O)O)c(-c5ccc(Cl)cc5)c4s3)n2)CC1.Cc1cc2nc(-c3ccnc(N4CCNCC4)n3)sc2c(-c2ccc(Cl)cc2)c1[C@H](OC(C)(C)C)C(=O)O. The second-order valence-electron chi connectivity index (χ2n) is 33.3. The van der Waals surface area contributed by atoms with Crippen LogP contribution in [0.5, 0.6) is 0 Å². The number of aryl methyl sites for hydroxylation is 3. The Balaban J connectivity index is 0.000000158. The Kier molecular flexibility index (Phi) is 27.9. The third-order valence-electron chi connectivity index (χ3n) is 20.9. The second kappa shape index (κ2) is 37.6. The Bertz CT molecular complexity index is 5780. The molecular formula is C90H99Cl3F3N15O8S3. The Hall–Kier alpha value is -9.34. The number of nitrogens with one attached hydrogen (secondary N) is 1. The minimum atomic E-state index is -4.27. The van der Waals surface area contributed by atoms with E-state index in [0.717, 1.165) is 167 Å². The number of aliphatic carboxylic acids is 2. The van der Waals surface area contributed by atoms with Crippen LogP contribution in [0, 0.1) is 20.8 Å². The van der Waals surface area contributed by atoms with Gasteiger partial charge in [0, 0.05) is 146 Å². The number of thiazole rings is 3. The van der Waals surface area contributed by atoms with Crippen molar-refractivity contribution in [3.63, 3.8) is 0 Å². The largest absolute Gasteiger partial charge is 0.479 e. The minimum Gasteiger partial charge on any atom is -0.479 e. The van der Waals surface area contributed by atoms with Crippen molar-refractivity contribution in [1.82, 2.24) is 60.0 Å². The molecule has 4 atom stereocenters. The van der Waals surface area contributed by atoms with Gasteiger partial charge >= 0.3 is 18.1 Å². The molecular weight excluding hydrogens is 1680 g/mol. The van der Waals surface area contributed by atoms with Crippen LogP contribution in [-0.4, -0.2) is 197 Å². The number of likely N-dealkylation sites (N-methyl/N-ethyl adjacent to an activating group) is 1. The van der Waals surface area contributed by atoms with E-state index in [0.29, 0.717) is 67.8 Å². The summed E-state index contributed by atoms with van der Waals surface area (Å²) in [6, 6.07) is 32.2. The molecule has 0 aliphatic carbocycles. The second-order valence-corrected chi connectivity index (χ2v) is 37.6. The van der Waals surface area contributed by atoms with Gasteiger partial charge in [-0.2, -0.15) is 13.2 Å². The van der Waals surface area contributed by atoms with Crippen molar-refractivity contribution in [3.8, 4) is 65.5 Å². The number of fused-ring (bicyclic) bond motifs is 3. The summed E-state index contributed by atoms with van der Waals surface area (Å²) in [6.45, 7) is 37.1. The zero-order valence-corrected chi connectivity index (χ0v) is 75.4. The third kappa shape index (κ3) is 21.3. The Morgan fingerprint density at radius 3 is 1.06 bits per heavy atom. The molecule has 642 valence electrons. The van der Waals surface area contributed by atoms with E-state index < -0.39 is 59.3 Å². The first-order valence-corrected chi connectivity index (χ1v) is 43.9. The maximum atomic E-state index is 13.2. The van der Waals surface area contributed by atoms with E-state index >= 15 is 0 Å². The highest BCUT2D eigenvalue weighted by molar-refractivity contribution is 7.23. The van der Waals surface area contributed by atoms with Gasteiger partial charge in [-0.25, -0.2) is 54.4 Å². The highest BCUT2D eigenvalue weighted by Gasteiger charge is 2.42. The lowest BCUT2D eigenvalue weighted by Gasteiger charge is -2.38. The van der Waals surface area contributed by atoms with Crippen LogP contribution in [-0.2, 0) is 28.6 Å². The molecule has 15 rings (SSSR count). The number of Topliss-reactive ketones (excluding diaryl/α,β-unsaturated/α-hetero) is 1. The molecule has 0 saturated carbocycles. The number of alkyl halides is 3. The number of aromatic nitrogens is 9. The number of hydrogen-bond acceptors (Lipinski definition) is 24. The number of nitrogens with zero attached hydrogens (tertiary/aromatic N) is 14. The number of halogens is 6. The van der Waals surface area contributed by atoms with E-state index in [9.17, 15) is 37.8 Å². The fourth-order valence-corrected chi connectivity index (χ4v) is 18.7. The van der Waals surface area contributed by atoms with Gasteiger partial charge in [0.05, 0.1) is 47.5 Å². The van der Waals surface area contributed by atoms with E-state index in [1.54, 1.807) is 36.8 Å². The molecule has 23 nitrogen and oxygen atoms in total. The molecule has 12 aromatic rings. The number of carboxylic acids is 2. The van der Waals surface area contributed by atoms with Gasteiger partial charge in [-0.3, -0.25) is 9.69 Å². The van der Waals surface area contributed by atoms with Crippen molar-refractivity contribution < 1.29 is 52.0 Å². The van der Waals surface area contributed by atoms with Crippen molar-refractivity contribution in [2.45, 2.75) is 151 Å². The summed E-state index contributed by atoms with van der Waals surface area (Å²) in [7, 11) is 0. The van der Waals surface area contributed by atoms with E-state index in [-0.39, 0.29) is 18.9 Å². The lowest BCUT2D eigenvalue weighted by molar-refractivity contribution is -0.179. The summed E-state index contributed by atoms with van der Waals surface area (Å²) in [5.74, 6) is -0.354. The maximum Gasteiger partial charge on any atom is 0.403 e. The van der Waals surface area contributed by atoms with Gasteiger partial charge < -0.3 is 49.3 Å². The monoisotopic (exact) mass is 1780 g/mol. The van der Waals surface area contributed by atoms with Gasteiger partial charge in [0.1, 0.15) is 44.3 Å². The molecule has 6 aromatic carbocycles. The van der Waals surface area contributed by atoms with E-state index in [1.807, 2.05) is 179 Å². The summed E-state index contributed by atoms with van der Waals surface area (Å²) in [6.07, 6.45) is -2.18. The molecule has 9 heterocycles. The van der Waals surface area contributed by atoms with Gasteiger partial charge in [0.25, 0.3) is 0 Å². The average molecular weight is 1780 g/mol. The van der Waals surface area contributed by atoms with Crippen LogP contribution in [0.2, 0.25) is 15.1 Å². The van der Waals surface area contributed by atoms with Crippen LogP contribution >= 0.6 is 68.8 Å². The van der Waals surface area contributed by atoms with Crippen molar-refractivity contribution in [2.75, 3.05) is 99.8 Å². The lowest BCUT2D eigenvalue weighted by atomic mass is 9.90. The van der Waals surface area contributed by atoms with Crippen molar-refractivity contribution >= 4 is 135 Å². The number of piperazine rings is 3. The topological polar surface area (TPSA) is 264 Å². The molecule has 1 unspecified atom stereocenters. The highest BCUT2D eigenvalue weighted by atomic mass is 35.5. The van der Waals surface area contributed by atoms with E-state index in [2.05, 4.69) is 41.9 Å². The summed E-state index contributed by atoms with van der Waals surface area (Å²) in [4.78, 5) is 91.1. The standard InChI is InChI=1S/C32H35ClF3N5O2S.C30H34ClN5O3S.C28H30ClN5O3S/c1-18-17-24-28(26(21-7-9-22(33)10-8-21)25(18)27(19(2)42)43-31(4,5)6)44-29(38-24)23-11-12-37-30(39-23)41-15-13-40(14-16-41)20(3)32(34,35)36;1-6-35-13-15-36(16-14-35)29-32-12-11-21(34-29)27-33-22-17-18(2)23(25(28(37)38)39-30(3,4)5)24(26(22)40-27)19-7-9-20(31)10-8-19;1-16-15-20-24(38-25(32-20)19-9-10-31-27(33-19)34-13-11-30-12-14-34)22(17-5-7-18(29)8-6-17)21(16)23(26(35)36)37-28(2,3)4/h7-12,17,20,27H,13-16H2,1-6H3;7-12,17,25H,6,13-16H2,1-5H3,(H,37,38);5-10,15,23,30H,11-14H2,1-4H3,(H,35,36)/t20?,27-;25-;23-/m100/s1. The van der Waals surface area contributed by atoms with Crippen molar-refractivity contribution in [3.05, 3.63) is 176 Å². The van der Waals surface area contributed by atoms with E-state index in [4.69, 9.17) is 78.9 Å². The molecule has 0 radical (unpaired) electrons. The fraction of sp³-hybridized carbons (Fsp3) is 0.400. The third-order valence-corrected chi connectivity index (χ3v) is 25.0. The summed E-state index contributed by atoms with van der Waals surface area (Å²) < 4.78 is 60.9. The first-order chi connectivity index (χ1) is 57.8. The number of rotatable bonds is 20. The number of hydrogen-bond donors (Lipinski definition) is 3. The number of benzene rings is 6. The zero-order valence-electron chi connectivity index (χ0n) is 70.7. The molecule has 122 heavy (non-hydrogen) atoms. The zero-order chi connectivity index (χ0) is 87.6. The van der Waals surface area contributed by atoms with Gasteiger partial charge in [-0.15, -0.1) is 34.0 Å². The van der Waals surface area contributed by atoms with Gasteiger partial charge in [-0.1, -0.05) is 78.1 Å². The predicted molar refractivity (Wildman–Crippen MR) is 483 cm³/mol.